The highest BCUT2D eigenvalue weighted by Gasteiger charge is 2.21. The van der Waals surface area contributed by atoms with Crippen molar-refractivity contribution in [1.29, 1.82) is 0 Å². The maximum Gasteiger partial charge on any atom is 0.165 e. The summed E-state index contributed by atoms with van der Waals surface area (Å²) in [6.45, 7) is 2.12. The zero-order valence-corrected chi connectivity index (χ0v) is 12.0. The van der Waals surface area contributed by atoms with Crippen molar-refractivity contribution in [3.05, 3.63) is 54.1 Å². The second kappa shape index (κ2) is 6.50. The van der Waals surface area contributed by atoms with Crippen LogP contribution in [0.4, 0.5) is 0 Å². The van der Waals surface area contributed by atoms with Crippen LogP contribution in [0.1, 0.15) is 5.56 Å². The van der Waals surface area contributed by atoms with E-state index in [2.05, 4.69) is 17.4 Å². The van der Waals surface area contributed by atoms with E-state index in [0.29, 0.717) is 6.61 Å². The molecule has 0 saturated heterocycles. The van der Waals surface area contributed by atoms with Crippen LogP contribution < -0.4 is 19.5 Å². The van der Waals surface area contributed by atoms with E-state index in [-0.39, 0.29) is 6.10 Å². The van der Waals surface area contributed by atoms with Crippen molar-refractivity contribution in [2.45, 2.75) is 12.6 Å². The molecule has 2 aromatic carbocycles. The molecule has 0 fully saturated rings. The summed E-state index contributed by atoms with van der Waals surface area (Å²) in [6, 6.07) is 15.9. The molecule has 21 heavy (non-hydrogen) atoms. The van der Waals surface area contributed by atoms with Gasteiger partial charge < -0.3 is 19.5 Å². The first-order valence-corrected chi connectivity index (χ1v) is 7.07. The lowest BCUT2D eigenvalue weighted by atomic mass is 10.2. The average Bonchev–Trinajstić information content (AvgIpc) is 2.55. The maximum absolute atomic E-state index is 5.94. The van der Waals surface area contributed by atoms with Crippen LogP contribution in [0.5, 0.6) is 17.2 Å². The number of hydrogen-bond acceptors (Lipinski definition) is 4. The first-order chi connectivity index (χ1) is 10.3. The third-order valence-corrected chi connectivity index (χ3v) is 3.41. The van der Waals surface area contributed by atoms with Gasteiger partial charge in [-0.1, -0.05) is 30.3 Å². The van der Waals surface area contributed by atoms with Crippen molar-refractivity contribution in [3.63, 3.8) is 0 Å². The van der Waals surface area contributed by atoms with E-state index in [1.54, 1.807) is 7.11 Å². The normalized spacial score (nSPS) is 16.5. The van der Waals surface area contributed by atoms with Crippen molar-refractivity contribution in [3.8, 4) is 17.2 Å². The molecule has 1 atom stereocenters. The van der Waals surface area contributed by atoms with Crippen LogP contribution in [0.15, 0.2) is 48.5 Å². The summed E-state index contributed by atoms with van der Waals surface area (Å²) in [5.74, 6) is 2.29. The fraction of sp³-hybridized carbons (Fsp3) is 0.294. The van der Waals surface area contributed by atoms with Crippen molar-refractivity contribution < 1.29 is 14.2 Å². The van der Waals surface area contributed by atoms with E-state index in [9.17, 15) is 0 Å². The molecular weight excluding hydrogens is 266 g/mol. The minimum Gasteiger partial charge on any atom is -0.497 e. The smallest absolute Gasteiger partial charge is 0.165 e. The molecule has 0 unspecified atom stereocenters. The van der Waals surface area contributed by atoms with Gasteiger partial charge in [-0.15, -0.1) is 0 Å². The molecule has 1 N–H and O–H groups in total. The minimum absolute atomic E-state index is 0.00770. The van der Waals surface area contributed by atoms with Gasteiger partial charge in [-0.2, -0.15) is 0 Å². The Labute approximate surface area is 124 Å². The fourth-order valence-corrected chi connectivity index (χ4v) is 2.30. The predicted octanol–water partition coefficient (Wildman–Crippen LogP) is 2.62. The minimum atomic E-state index is 0.00770. The van der Waals surface area contributed by atoms with E-state index >= 15 is 0 Å². The van der Waals surface area contributed by atoms with Gasteiger partial charge in [0.05, 0.1) is 7.11 Å². The summed E-state index contributed by atoms with van der Waals surface area (Å²) in [5, 5.41) is 3.39. The van der Waals surface area contributed by atoms with Gasteiger partial charge in [0.25, 0.3) is 0 Å². The van der Waals surface area contributed by atoms with Crippen LogP contribution in [0, 0.1) is 0 Å². The lowest BCUT2D eigenvalue weighted by Crippen LogP contribution is -2.38. The zero-order chi connectivity index (χ0) is 14.5. The number of hydrogen-bond donors (Lipinski definition) is 1. The second-order valence-corrected chi connectivity index (χ2v) is 4.98. The molecule has 0 aliphatic carbocycles. The highest BCUT2D eigenvalue weighted by Crippen LogP contribution is 2.34. The number of rotatable bonds is 5. The SMILES string of the molecule is COc1ccc2c(c1)O[C@@H](CNCc1ccccc1)CO2. The lowest BCUT2D eigenvalue weighted by Gasteiger charge is -2.27. The van der Waals surface area contributed by atoms with Gasteiger partial charge in [0.15, 0.2) is 11.5 Å². The molecule has 3 rings (SSSR count). The monoisotopic (exact) mass is 285 g/mol. The van der Waals surface area contributed by atoms with Crippen molar-refractivity contribution in [2.24, 2.45) is 0 Å². The molecule has 1 aliphatic rings. The van der Waals surface area contributed by atoms with E-state index < -0.39 is 0 Å². The molecule has 110 valence electrons. The van der Waals surface area contributed by atoms with E-state index in [4.69, 9.17) is 14.2 Å². The Bertz CT molecular complexity index is 586. The summed E-state index contributed by atoms with van der Waals surface area (Å²) in [4.78, 5) is 0. The Morgan fingerprint density at radius 1 is 1.14 bits per heavy atom. The highest BCUT2D eigenvalue weighted by atomic mass is 16.6. The van der Waals surface area contributed by atoms with Gasteiger partial charge in [0, 0.05) is 19.2 Å². The van der Waals surface area contributed by atoms with Gasteiger partial charge >= 0.3 is 0 Å². The van der Waals surface area contributed by atoms with E-state index in [1.807, 2.05) is 36.4 Å². The Hall–Kier alpha value is -2.20. The van der Waals surface area contributed by atoms with Gasteiger partial charge in [-0.25, -0.2) is 0 Å². The van der Waals surface area contributed by atoms with Gasteiger partial charge in [-0.05, 0) is 17.7 Å². The van der Waals surface area contributed by atoms with Crippen LogP contribution in [0.2, 0.25) is 0 Å². The van der Waals surface area contributed by atoms with Crippen molar-refractivity contribution in [2.75, 3.05) is 20.3 Å². The van der Waals surface area contributed by atoms with Crippen molar-refractivity contribution >= 4 is 0 Å². The van der Waals surface area contributed by atoms with Crippen LogP contribution in [0.3, 0.4) is 0 Å². The fourth-order valence-electron chi connectivity index (χ4n) is 2.30. The molecule has 0 amide bonds. The Morgan fingerprint density at radius 3 is 2.81 bits per heavy atom. The Morgan fingerprint density at radius 2 is 2.00 bits per heavy atom. The molecule has 0 saturated carbocycles. The summed E-state index contributed by atoms with van der Waals surface area (Å²) in [6.07, 6.45) is 0.00770. The quantitative estimate of drug-likeness (QED) is 0.916. The maximum atomic E-state index is 5.94. The largest absolute Gasteiger partial charge is 0.497 e. The van der Waals surface area contributed by atoms with Gasteiger partial charge in [0.1, 0.15) is 18.5 Å². The van der Waals surface area contributed by atoms with Gasteiger partial charge in [0.2, 0.25) is 0 Å². The van der Waals surface area contributed by atoms with Crippen LogP contribution in [0.25, 0.3) is 0 Å². The molecule has 0 bridgehead atoms. The number of nitrogens with one attached hydrogen (secondary N) is 1. The molecular formula is C17H19NO3. The zero-order valence-electron chi connectivity index (χ0n) is 12.0. The van der Waals surface area contributed by atoms with Gasteiger partial charge in [-0.3, -0.25) is 0 Å². The van der Waals surface area contributed by atoms with E-state index in [0.717, 1.165) is 30.3 Å². The topological polar surface area (TPSA) is 39.7 Å². The summed E-state index contributed by atoms with van der Waals surface area (Å²) >= 11 is 0. The Kier molecular flexibility index (Phi) is 4.26. The molecule has 0 aromatic heterocycles. The molecule has 4 nitrogen and oxygen atoms in total. The number of methoxy groups -OCH3 is 1. The Balaban J connectivity index is 1.54. The van der Waals surface area contributed by atoms with Crippen LogP contribution in [-0.2, 0) is 6.54 Å². The lowest BCUT2D eigenvalue weighted by molar-refractivity contribution is 0.0898. The summed E-state index contributed by atoms with van der Waals surface area (Å²) in [5.41, 5.74) is 1.26. The third-order valence-electron chi connectivity index (χ3n) is 3.41. The first kappa shape index (κ1) is 13.8. The van der Waals surface area contributed by atoms with Crippen LogP contribution >= 0.6 is 0 Å². The first-order valence-electron chi connectivity index (χ1n) is 7.07. The molecule has 0 spiro atoms. The number of fused-ring (bicyclic) bond motifs is 1. The molecule has 0 radical (unpaired) electrons. The predicted molar refractivity (Wildman–Crippen MR) is 81.1 cm³/mol. The highest BCUT2D eigenvalue weighted by molar-refractivity contribution is 5.46. The summed E-state index contributed by atoms with van der Waals surface area (Å²) in [7, 11) is 1.64. The van der Waals surface area contributed by atoms with Crippen molar-refractivity contribution in [1.82, 2.24) is 5.32 Å². The second-order valence-electron chi connectivity index (χ2n) is 4.98. The molecule has 2 aromatic rings. The third kappa shape index (κ3) is 3.47. The summed E-state index contributed by atoms with van der Waals surface area (Å²) < 4.78 is 16.9. The molecule has 4 heteroatoms. The number of benzene rings is 2. The van der Waals surface area contributed by atoms with E-state index in [1.165, 1.54) is 5.56 Å². The molecule has 1 aliphatic heterocycles. The standard InChI is InChI=1S/C17H19NO3/c1-19-14-7-8-16-17(9-14)21-15(12-20-16)11-18-10-13-5-3-2-4-6-13/h2-9,15,18H,10-12H2,1H3/t15-/m0/s1. The van der Waals surface area contributed by atoms with Crippen LogP contribution in [-0.4, -0.2) is 26.4 Å². The molecule has 1 heterocycles. The number of ether oxygens (including phenoxy) is 3. The average molecular weight is 285 g/mol.